The van der Waals surface area contributed by atoms with Crippen molar-refractivity contribution in [2.45, 2.75) is 66.3 Å². The lowest BCUT2D eigenvalue weighted by atomic mass is 9.64. The van der Waals surface area contributed by atoms with Gasteiger partial charge >= 0.3 is 0 Å². The Kier molecular flexibility index (Phi) is 4.92. The Labute approximate surface area is 130 Å². The van der Waals surface area contributed by atoms with Crippen LogP contribution in [-0.2, 0) is 17.8 Å². The normalized spacial score (nSPS) is 24.7. The summed E-state index contributed by atoms with van der Waals surface area (Å²) in [5.74, 6) is 0. The van der Waals surface area contributed by atoms with Crippen molar-refractivity contribution in [1.29, 1.82) is 0 Å². The molecule has 20 heavy (non-hydrogen) atoms. The molecule has 1 aliphatic rings. The molecule has 1 aromatic heterocycles. The van der Waals surface area contributed by atoms with Crippen molar-refractivity contribution >= 4 is 15.9 Å². The Morgan fingerprint density at radius 2 is 2.15 bits per heavy atom. The van der Waals surface area contributed by atoms with Gasteiger partial charge in [0.05, 0.1) is 22.0 Å². The van der Waals surface area contributed by atoms with Crippen LogP contribution in [0.15, 0.2) is 4.47 Å². The van der Waals surface area contributed by atoms with Crippen LogP contribution in [0, 0.1) is 12.3 Å². The lowest BCUT2D eigenvalue weighted by Crippen LogP contribution is -2.60. The Morgan fingerprint density at radius 3 is 2.70 bits per heavy atom. The van der Waals surface area contributed by atoms with E-state index in [1.807, 2.05) is 6.92 Å². The average Bonchev–Trinajstić information content (AvgIpc) is 2.69. The molecule has 2 atom stereocenters. The summed E-state index contributed by atoms with van der Waals surface area (Å²) in [6, 6.07) is 0.506. The van der Waals surface area contributed by atoms with Gasteiger partial charge in [-0.25, -0.2) is 0 Å². The summed E-state index contributed by atoms with van der Waals surface area (Å²) in [4.78, 5) is 0. The van der Waals surface area contributed by atoms with Gasteiger partial charge in [0.1, 0.15) is 0 Å². The maximum atomic E-state index is 5.78. The van der Waals surface area contributed by atoms with Crippen molar-refractivity contribution in [3.63, 3.8) is 0 Å². The molecule has 1 aliphatic carbocycles. The first-order valence-corrected chi connectivity index (χ1v) is 8.27. The Hall–Kier alpha value is -0.390. The molecule has 114 valence electrons. The SMILES string of the molecule is CCOC1CC(NCc2c(Br)c(C)nn2CC)C1(C)C. The lowest BCUT2D eigenvalue weighted by Gasteiger charge is -2.52. The van der Waals surface area contributed by atoms with Crippen LogP contribution >= 0.6 is 15.9 Å². The quantitative estimate of drug-likeness (QED) is 0.861. The molecule has 0 bridgehead atoms. The van der Waals surface area contributed by atoms with Gasteiger partial charge in [-0.3, -0.25) is 4.68 Å². The summed E-state index contributed by atoms with van der Waals surface area (Å²) in [6.45, 7) is 13.3. The highest BCUT2D eigenvalue weighted by molar-refractivity contribution is 9.10. The Balaban J connectivity index is 1.97. The van der Waals surface area contributed by atoms with Crippen LogP contribution in [0.4, 0.5) is 0 Å². The van der Waals surface area contributed by atoms with Crippen molar-refractivity contribution in [2.24, 2.45) is 5.41 Å². The highest BCUT2D eigenvalue weighted by atomic mass is 79.9. The summed E-state index contributed by atoms with van der Waals surface area (Å²) in [6.07, 6.45) is 1.48. The van der Waals surface area contributed by atoms with Gasteiger partial charge in [0, 0.05) is 31.2 Å². The van der Waals surface area contributed by atoms with E-state index in [2.05, 4.69) is 58.7 Å². The molecular weight excluding hydrogens is 318 g/mol. The number of rotatable bonds is 6. The van der Waals surface area contributed by atoms with E-state index in [0.29, 0.717) is 12.1 Å². The van der Waals surface area contributed by atoms with Gasteiger partial charge in [0.15, 0.2) is 0 Å². The molecular formula is C15H26BrN3O. The van der Waals surface area contributed by atoms with Crippen molar-refractivity contribution in [2.75, 3.05) is 6.61 Å². The average molecular weight is 344 g/mol. The first-order chi connectivity index (χ1) is 9.41. The molecule has 0 aromatic carbocycles. The van der Waals surface area contributed by atoms with E-state index in [1.54, 1.807) is 0 Å². The Bertz CT molecular complexity index is 470. The van der Waals surface area contributed by atoms with E-state index >= 15 is 0 Å². The van der Waals surface area contributed by atoms with Crippen LogP contribution in [0.25, 0.3) is 0 Å². The minimum atomic E-state index is 0.203. The number of ether oxygens (including phenoxy) is 1. The van der Waals surface area contributed by atoms with Gasteiger partial charge < -0.3 is 10.1 Å². The molecule has 5 heteroatoms. The number of hydrogen-bond donors (Lipinski definition) is 1. The monoisotopic (exact) mass is 343 g/mol. The minimum absolute atomic E-state index is 0.203. The second-order valence-electron chi connectivity index (χ2n) is 6.10. The molecule has 1 N–H and O–H groups in total. The second-order valence-corrected chi connectivity index (χ2v) is 6.89. The number of nitrogens with zero attached hydrogens (tertiary/aromatic N) is 2. The molecule has 0 saturated heterocycles. The van der Waals surface area contributed by atoms with Crippen LogP contribution in [-0.4, -0.2) is 28.5 Å². The number of aryl methyl sites for hydroxylation is 2. The van der Waals surface area contributed by atoms with E-state index in [4.69, 9.17) is 4.74 Å². The van der Waals surface area contributed by atoms with E-state index < -0.39 is 0 Å². The van der Waals surface area contributed by atoms with Crippen molar-refractivity contribution in [1.82, 2.24) is 15.1 Å². The van der Waals surface area contributed by atoms with Crippen molar-refractivity contribution in [3.8, 4) is 0 Å². The predicted octanol–water partition coefficient (Wildman–Crippen LogP) is 3.27. The highest BCUT2D eigenvalue weighted by Gasteiger charge is 2.48. The zero-order valence-corrected chi connectivity index (χ0v) is 14.7. The molecule has 1 aromatic rings. The molecule has 2 rings (SSSR count). The minimum Gasteiger partial charge on any atom is -0.378 e. The van der Waals surface area contributed by atoms with Crippen LogP contribution in [0.1, 0.15) is 45.5 Å². The van der Waals surface area contributed by atoms with E-state index in [1.165, 1.54) is 5.69 Å². The summed E-state index contributed by atoms with van der Waals surface area (Å²) < 4.78 is 8.98. The van der Waals surface area contributed by atoms with Gasteiger partial charge in [-0.05, 0) is 43.1 Å². The molecule has 0 spiro atoms. The van der Waals surface area contributed by atoms with E-state index in [9.17, 15) is 0 Å². The molecule has 0 aliphatic heterocycles. The van der Waals surface area contributed by atoms with Gasteiger partial charge in [-0.15, -0.1) is 0 Å². The summed E-state index contributed by atoms with van der Waals surface area (Å²) in [7, 11) is 0. The zero-order valence-electron chi connectivity index (χ0n) is 13.2. The maximum absolute atomic E-state index is 5.78. The molecule has 0 amide bonds. The smallest absolute Gasteiger partial charge is 0.0739 e. The molecule has 1 fully saturated rings. The summed E-state index contributed by atoms with van der Waals surface area (Å²) in [5, 5.41) is 8.21. The van der Waals surface area contributed by atoms with Crippen LogP contribution < -0.4 is 5.32 Å². The van der Waals surface area contributed by atoms with Gasteiger partial charge in [0.2, 0.25) is 0 Å². The van der Waals surface area contributed by atoms with Crippen molar-refractivity contribution in [3.05, 3.63) is 15.9 Å². The van der Waals surface area contributed by atoms with Crippen LogP contribution in [0.3, 0.4) is 0 Å². The fraction of sp³-hybridized carbons (Fsp3) is 0.800. The fourth-order valence-corrected chi connectivity index (χ4v) is 3.40. The van der Waals surface area contributed by atoms with E-state index in [0.717, 1.165) is 36.3 Å². The topological polar surface area (TPSA) is 39.1 Å². The lowest BCUT2D eigenvalue weighted by molar-refractivity contribution is -0.114. The van der Waals surface area contributed by atoms with Crippen molar-refractivity contribution < 1.29 is 4.74 Å². The Morgan fingerprint density at radius 1 is 1.45 bits per heavy atom. The third kappa shape index (κ3) is 2.81. The van der Waals surface area contributed by atoms with E-state index in [-0.39, 0.29) is 5.41 Å². The summed E-state index contributed by atoms with van der Waals surface area (Å²) in [5.41, 5.74) is 2.50. The number of hydrogen-bond acceptors (Lipinski definition) is 3. The van der Waals surface area contributed by atoms with Gasteiger partial charge in [-0.1, -0.05) is 13.8 Å². The third-order valence-electron chi connectivity index (χ3n) is 4.51. The number of halogens is 1. The molecule has 2 unspecified atom stereocenters. The molecule has 1 heterocycles. The first kappa shape index (κ1) is 16.0. The highest BCUT2D eigenvalue weighted by Crippen LogP contribution is 2.42. The zero-order chi connectivity index (χ0) is 14.9. The third-order valence-corrected chi connectivity index (χ3v) is 5.55. The largest absolute Gasteiger partial charge is 0.378 e. The van der Waals surface area contributed by atoms with Crippen LogP contribution in [0.5, 0.6) is 0 Å². The standard InChI is InChI=1S/C15H26BrN3O/c1-6-19-11(14(16)10(3)18-19)9-17-12-8-13(20-7-2)15(12,4)5/h12-13,17H,6-9H2,1-5H3. The molecule has 4 nitrogen and oxygen atoms in total. The van der Waals surface area contributed by atoms with Gasteiger partial charge in [-0.2, -0.15) is 5.10 Å². The maximum Gasteiger partial charge on any atom is 0.0739 e. The predicted molar refractivity (Wildman–Crippen MR) is 84.8 cm³/mol. The van der Waals surface area contributed by atoms with Crippen LogP contribution in [0.2, 0.25) is 0 Å². The first-order valence-electron chi connectivity index (χ1n) is 7.48. The van der Waals surface area contributed by atoms with Gasteiger partial charge in [0.25, 0.3) is 0 Å². The summed E-state index contributed by atoms with van der Waals surface area (Å²) >= 11 is 3.65. The number of nitrogens with one attached hydrogen (secondary N) is 1. The fourth-order valence-electron chi connectivity index (χ4n) is 2.97. The molecule has 0 radical (unpaired) electrons. The second kappa shape index (κ2) is 6.16. The number of aromatic nitrogens is 2. The molecule has 1 saturated carbocycles.